The van der Waals surface area contributed by atoms with Gasteiger partial charge in [-0.05, 0) is 66.8 Å². The molecule has 2 aromatic heterocycles. The molecule has 0 spiro atoms. The molecule has 2 aromatic carbocycles. The number of hydrogen-bond acceptors (Lipinski definition) is 3. The van der Waals surface area contributed by atoms with Gasteiger partial charge in [-0.1, -0.05) is 49.2 Å². The van der Waals surface area contributed by atoms with Crippen LogP contribution in [0.15, 0.2) is 60.9 Å². The van der Waals surface area contributed by atoms with Crippen molar-refractivity contribution in [2.24, 2.45) is 0 Å². The van der Waals surface area contributed by atoms with Gasteiger partial charge in [0.2, 0.25) is 5.91 Å². The number of rotatable bonds is 8. The number of aromatic nitrogens is 3. The Labute approximate surface area is 199 Å². The van der Waals surface area contributed by atoms with Gasteiger partial charge in [-0.3, -0.25) is 9.78 Å². The Kier molecular flexibility index (Phi) is 7.09. The zero-order valence-electron chi connectivity index (χ0n) is 19.3. The van der Waals surface area contributed by atoms with Gasteiger partial charge < -0.3 is 9.88 Å². The summed E-state index contributed by atoms with van der Waals surface area (Å²) in [6, 6.07) is 15.5. The topological polar surface area (TPSA) is 59.8 Å². The van der Waals surface area contributed by atoms with Gasteiger partial charge >= 0.3 is 0 Å². The predicted molar refractivity (Wildman–Crippen MR) is 133 cm³/mol. The van der Waals surface area contributed by atoms with E-state index in [1.807, 2.05) is 36.4 Å². The molecule has 6 heteroatoms. The molecule has 1 N–H and O–H groups in total. The van der Waals surface area contributed by atoms with Gasteiger partial charge in [0.05, 0.1) is 11.0 Å². The molecule has 0 radical (unpaired) electrons. The number of aryl methyl sites for hydroxylation is 2. The first-order valence-corrected chi connectivity index (χ1v) is 11.7. The summed E-state index contributed by atoms with van der Waals surface area (Å²) in [5, 5.41) is 3.82. The van der Waals surface area contributed by atoms with Crippen LogP contribution in [0.1, 0.15) is 53.9 Å². The highest BCUT2D eigenvalue weighted by Crippen LogP contribution is 2.29. The fourth-order valence-corrected chi connectivity index (χ4v) is 4.35. The number of imidazole rings is 1. The van der Waals surface area contributed by atoms with E-state index >= 15 is 0 Å². The third-order valence-electron chi connectivity index (χ3n) is 6.05. The van der Waals surface area contributed by atoms with Gasteiger partial charge in [-0.2, -0.15) is 0 Å². The lowest BCUT2D eigenvalue weighted by Gasteiger charge is -2.21. The number of pyridine rings is 1. The van der Waals surface area contributed by atoms with Crippen molar-refractivity contribution in [2.45, 2.75) is 52.6 Å². The van der Waals surface area contributed by atoms with Crippen LogP contribution < -0.4 is 5.32 Å². The first-order valence-electron chi connectivity index (χ1n) is 11.4. The Morgan fingerprint density at radius 2 is 1.91 bits per heavy atom. The van der Waals surface area contributed by atoms with E-state index in [-0.39, 0.29) is 11.9 Å². The molecule has 1 atom stereocenters. The smallest absolute Gasteiger partial charge is 0.243 e. The Bertz CT molecular complexity index is 1270. The first-order chi connectivity index (χ1) is 16.0. The number of amides is 1. The van der Waals surface area contributed by atoms with E-state index in [0.29, 0.717) is 24.4 Å². The molecule has 0 aliphatic rings. The summed E-state index contributed by atoms with van der Waals surface area (Å²) in [6.45, 7) is 6.73. The third kappa shape index (κ3) is 5.09. The number of carbonyl (C=O) groups is 1. The molecule has 0 fully saturated rings. The number of fused-ring (bicyclic) bond motifs is 1. The number of nitrogens with zero attached hydrogens (tertiary/aromatic N) is 3. The standard InChI is InChI=1S/C27H29ClN4O/c1-4-8-24(27(33)30-17-20-9-7-12-29-16-20)32-25-14-19(3)18(2)13-23(25)31-26(32)15-21-10-5-6-11-22(21)28/h5-7,9-14,16,24H,4,8,15,17H2,1-3H3,(H,30,33)/t24-/m0/s1. The van der Waals surface area contributed by atoms with Crippen LogP contribution in [0, 0.1) is 13.8 Å². The number of halogens is 1. The zero-order valence-corrected chi connectivity index (χ0v) is 20.1. The minimum Gasteiger partial charge on any atom is -0.350 e. The molecule has 1 amide bonds. The van der Waals surface area contributed by atoms with Crippen molar-refractivity contribution in [3.8, 4) is 0 Å². The van der Waals surface area contributed by atoms with E-state index in [2.05, 4.69) is 47.8 Å². The van der Waals surface area contributed by atoms with E-state index in [1.54, 1.807) is 12.4 Å². The van der Waals surface area contributed by atoms with Crippen molar-refractivity contribution >= 4 is 28.5 Å². The summed E-state index contributed by atoms with van der Waals surface area (Å²) in [5.41, 5.74) is 6.22. The SMILES string of the molecule is CCC[C@@H](C(=O)NCc1cccnc1)n1c(Cc2ccccc2Cl)nc2cc(C)c(C)cc21. The summed E-state index contributed by atoms with van der Waals surface area (Å²) in [4.78, 5) is 22.6. The molecule has 0 aliphatic heterocycles. The lowest BCUT2D eigenvalue weighted by molar-refractivity contribution is -0.124. The van der Waals surface area contributed by atoms with Crippen LogP contribution in [0.5, 0.6) is 0 Å². The van der Waals surface area contributed by atoms with Crippen molar-refractivity contribution in [3.05, 3.63) is 94.0 Å². The average molecular weight is 461 g/mol. The summed E-state index contributed by atoms with van der Waals surface area (Å²) < 4.78 is 2.12. The zero-order chi connectivity index (χ0) is 23.4. The summed E-state index contributed by atoms with van der Waals surface area (Å²) in [7, 11) is 0. The van der Waals surface area contributed by atoms with Gasteiger partial charge in [-0.15, -0.1) is 0 Å². The molecule has 5 nitrogen and oxygen atoms in total. The van der Waals surface area contributed by atoms with Gasteiger partial charge in [-0.25, -0.2) is 4.98 Å². The molecule has 0 saturated carbocycles. The highest BCUT2D eigenvalue weighted by atomic mass is 35.5. The highest BCUT2D eigenvalue weighted by molar-refractivity contribution is 6.31. The van der Waals surface area contributed by atoms with E-state index in [1.165, 1.54) is 11.1 Å². The fourth-order valence-electron chi connectivity index (χ4n) is 4.15. The fraction of sp³-hybridized carbons (Fsp3) is 0.296. The van der Waals surface area contributed by atoms with Crippen LogP contribution in [-0.4, -0.2) is 20.4 Å². The Morgan fingerprint density at radius 1 is 1.12 bits per heavy atom. The second kappa shape index (κ2) is 10.2. The Balaban J connectivity index is 1.76. The maximum atomic E-state index is 13.5. The first kappa shape index (κ1) is 23.0. The van der Waals surface area contributed by atoms with Gasteiger partial charge in [0.1, 0.15) is 11.9 Å². The number of carbonyl (C=O) groups excluding carboxylic acids is 1. The maximum Gasteiger partial charge on any atom is 0.243 e. The molecule has 0 aliphatic carbocycles. The monoisotopic (exact) mass is 460 g/mol. The van der Waals surface area contributed by atoms with Crippen molar-refractivity contribution in [2.75, 3.05) is 0 Å². The molecular formula is C27H29ClN4O. The molecule has 4 rings (SSSR count). The van der Waals surface area contributed by atoms with Crippen molar-refractivity contribution in [3.63, 3.8) is 0 Å². The largest absolute Gasteiger partial charge is 0.350 e. The molecule has 33 heavy (non-hydrogen) atoms. The van der Waals surface area contributed by atoms with Crippen molar-refractivity contribution in [1.29, 1.82) is 0 Å². The third-order valence-corrected chi connectivity index (χ3v) is 6.42. The Hall–Kier alpha value is -3.18. The maximum absolute atomic E-state index is 13.5. The summed E-state index contributed by atoms with van der Waals surface area (Å²) in [5.74, 6) is 0.830. The van der Waals surface area contributed by atoms with Crippen LogP contribution in [-0.2, 0) is 17.8 Å². The van der Waals surface area contributed by atoms with Crippen LogP contribution in [0.25, 0.3) is 11.0 Å². The average Bonchev–Trinajstić information content (AvgIpc) is 3.14. The predicted octanol–water partition coefficient (Wildman–Crippen LogP) is 5.95. The van der Waals surface area contributed by atoms with Gasteiger partial charge in [0.15, 0.2) is 0 Å². The quantitative estimate of drug-likeness (QED) is 0.353. The number of nitrogens with one attached hydrogen (secondary N) is 1. The van der Waals surface area contributed by atoms with E-state index in [9.17, 15) is 4.79 Å². The van der Waals surface area contributed by atoms with Crippen LogP contribution in [0.3, 0.4) is 0 Å². The van der Waals surface area contributed by atoms with Crippen molar-refractivity contribution in [1.82, 2.24) is 19.9 Å². The van der Waals surface area contributed by atoms with Crippen molar-refractivity contribution < 1.29 is 4.79 Å². The van der Waals surface area contributed by atoms with Gasteiger partial charge in [0, 0.05) is 30.4 Å². The minimum atomic E-state index is -0.365. The molecule has 0 bridgehead atoms. The normalized spacial score (nSPS) is 12.1. The lowest BCUT2D eigenvalue weighted by Crippen LogP contribution is -2.33. The highest BCUT2D eigenvalue weighted by Gasteiger charge is 2.25. The molecule has 170 valence electrons. The molecular weight excluding hydrogens is 432 g/mol. The lowest BCUT2D eigenvalue weighted by atomic mass is 10.1. The summed E-state index contributed by atoms with van der Waals surface area (Å²) in [6.07, 6.45) is 5.65. The number of benzene rings is 2. The summed E-state index contributed by atoms with van der Waals surface area (Å²) >= 11 is 6.47. The molecule has 0 unspecified atom stereocenters. The van der Waals surface area contributed by atoms with Gasteiger partial charge in [0.25, 0.3) is 0 Å². The van der Waals surface area contributed by atoms with Crippen LogP contribution in [0.2, 0.25) is 5.02 Å². The van der Waals surface area contributed by atoms with Crippen LogP contribution in [0.4, 0.5) is 0 Å². The second-order valence-corrected chi connectivity index (χ2v) is 8.88. The minimum absolute atomic E-state index is 0.0151. The molecule has 2 heterocycles. The molecule has 0 saturated heterocycles. The van der Waals surface area contributed by atoms with Crippen LogP contribution >= 0.6 is 11.6 Å². The van der Waals surface area contributed by atoms with E-state index in [4.69, 9.17) is 16.6 Å². The Morgan fingerprint density at radius 3 is 2.64 bits per heavy atom. The molecule has 4 aromatic rings. The second-order valence-electron chi connectivity index (χ2n) is 8.47. The van der Waals surface area contributed by atoms with E-state index in [0.717, 1.165) is 34.4 Å². The number of hydrogen-bond donors (Lipinski definition) is 1. The van der Waals surface area contributed by atoms with E-state index < -0.39 is 0 Å².